The molecule has 5 amide bonds. The molecule has 3 heterocycles. The number of fused-ring (bicyclic) bond motifs is 1. The van der Waals surface area contributed by atoms with E-state index in [2.05, 4.69) is 26.3 Å². The van der Waals surface area contributed by atoms with E-state index < -0.39 is 41.4 Å². The van der Waals surface area contributed by atoms with Gasteiger partial charge >= 0.3 is 6.09 Å². The van der Waals surface area contributed by atoms with Crippen LogP contribution in [0.25, 0.3) is 0 Å². The van der Waals surface area contributed by atoms with E-state index in [0.29, 0.717) is 58.2 Å². The van der Waals surface area contributed by atoms with Gasteiger partial charge in [0, 0.05) is 31.6 Å². The average Bonchev–Trinajstić information content (AvgIpc) is 3.48. The van der Waals surface area contributed by atoms with Crippen molar-refractivity contribution >= 4 is 35.4 Å². The van der Waals surface area contributed by atoms with E-state index in [0.717, 1.165) is 10.6 Å². The molecular formula is C28H37N7O8. The number of hydrogen-bond acceptors (Lipinski definition) is 11. The van der Waals surface area contributed by atoms with Crippen LogP contribution in [-0.2, 0) is 36.8 Å². The van der Waals surface area contributed by atoms with E-state index >= 15 is 0 Å². The van der Waals surface area contributed by atoms with Crippen LogP contribution in [0.2, 0.25) is 0 Å². The van der Waals surface area contributed by atoms with Gasteiger partial charge in [-0.25, -0.2) is 9.48 Å². The van der Waals surface area contributed by atoms with Crippen molar-refractivity contribution in [1.29, 1.82) is 0 Å². The summed E-state index contributed by atoms with van der Waals surface area (Å²) in [5.41, 5.74) is 1.43. The molecule has 0 bridgehead atoms. The van der Waals surface area contributed by atoms with Crippen molar-refractivity contribution in [2.24, 2.45) is 0 Å². The van der Waals surface area contributed by atoms with Crippen molar-refractivity contribution in [2.45, 2.75) is 58.2 Å². The maximum absolute atomic E-state index is 13.0. The van der Waals surface area contributed by atoms with Crippen molar-refractivity contribution in [3.8, 4) is 0 Å². The maximum atomic E-state index is 13.0. The molecule has 1 atom stereocenters. The number of nitrogens with one attached hydrogen (secondary N) is 3. The van der Waals surface area contributed by atoms with Crippen molar-refractivity contribution < 1.29 is 38.2 Å². The van der Waals surface area contributed by atoms with Gasteiger partial charge in [0.25, 0.3) is 11.8 Å². The minimum Gasteiger partial charge on any atom is -0.444 e. The zero-order valence-corrected chi connectivity index (χ0v) is 24.5. The Labute approximate surface area is 248 Å². The highest BCUT2D eigenvalue weighted by Gasteiger charge is 2.44. The highest BCUT2D eigenvalue weighted by Crippen LogP contribution is 2.29. The molecule has 0 saturated carbocycles. The molecule has 2 aliphatic rings. The molecule has 1 aromatic carbocycles. The summed E-state index contributed by atoms with van der Waals surface area (Å²) in [6.45, 7) is 8.26. The van der Waals surface area contributed by atoms with Crippen LogP contribution in [0.15, 0.2) is 24.4 Å². The Hall–Kier alpha value is -4.37. The monoisotopic (exact) mass is 599 g/mol. The molecule has 43 heavy (non-hydrogen) atoms. The number of aromatic nitrogens is 3. The Balaban J connectivity index is 1.15. The fourth-order valence-corrected chi connectivity index (χ4v) is 4.59. The molecule has 2 aliphatic heterocycles. The minimum atomic E-state index is -1.00. The second-order valence-corrected chi connectivity index (χ2v) is 11.0. The lowest BCUT2D eigenvalue weighted by atomic mass is 10.0. The summed E-state index contributed by atoms with van der Waals surface area (Å²) in [7, 11) is 0. The van der Waals surface area contributed by atoms with Gasteiger partial charge in [0.05, 0.1) is 56.0 Å². The van der Waals surface area contributed by atoms with E-state index in [9.17, 15) is 24.0 Å². The SMILES string of the molecule is CC(C)(C)OC(=O)NCCOCCOCCn1nncc1CCNc1ccc2c(c1)C(=O)N(C1CCC(=O)NC1=O)C2=O. The second kappa shape index (κ2) is 14.2. The van der Waals surface area contributed by atoms with Crippen LogP contribution in [0.4, 0.5) is 10.5 Å². The Morgan fingerprint density at radius 1 is 1.02 bits per heavy atom. The van der Waals surface area contributed by atoms with Crippen LogP contribution in [0, 0.1) is 0 Å². The van der Waals surface area contributed by atoms with Crippen LogP contribution in [0.5, 0.6) is 0 Å². The van der Waals surface area contributed by atoms with Gasteiger partial charge in [-0.15, -0.1) is 5.10 Å². The smallest absolute Gasteiger partial charge is 0.407 e. The van der Waals surface area contributed by atoms with Gasteiger partial charge in [0.1, 0.15) is 11.6 Å². The summed E-state index contributed by atoms with van der Waals surface area (Å²) in [6, 6.07) is 3.87. The number of carbonyl (C=O) groups is 5. The number of imide groups is 2. The first kappa shape index (κ1) is 31.6. The Bertz CT molecular complexity index is 1350. The molecule has 4 rings (SSSR count). The van der Waals surface area contributed by atoms with Crippen molar-refractivity contribution in [3.63, 3.8) is 0 Å². The van der Waals surface area contributed by atoms with Crippen LogP contribution in [-0.4, -0.2) is 101 Å². The van der Waals surface area contributed by atoms with Crippen molar-refractivity contribution in [3.05, 3.63) is 41.2 Å². The summed E-state index contributed by atoms with van der Waals surface area (Å²) in [5, 5.41) is 16.1. The van der Waals surface area contributed by atoms with Gasteiger partial charge in [-0.3, -0.25) is 29.4 Å². The second-order valence-electron chi connectivity index (χ2n) is 11.0. The molecule has 15 heteroatoms. The topological polar surface area (TPSA) is 183 Å². The maximum Gasteiger partial charge on any atom is 0.407 e. The number of hydrogen-bond donors (Lipinski definition) is 3. The molecular weight excluding hydrogens is 562 g/mol. The van der Waals surface area contributed by atoms with Gasteiger partial charge in [-0.1, -0.05) is 5.21 Å². The zero-order valence-electron chi connectivity index (χ0n) is 24.5. The van der Waals surface area contributed by atoms with Crippen LogP contribution < -0.4 is 16.0 Å². The molecule has 1 fully saturated rings. The summed E-state index contributed by atoms with van der Waals surface area (Å²) in [5.74, 6) is -2.15. The van der Waals surface area contributed by atoms with E-state index in [-0.39, 0.29) is 24.0 Å². The fraction of sp³-hybridized carbons (Fsp3) is 0.536. The lowest BCUT2D eigenvalue weighted by molar-refractivity contribution is -0.136. The predicted octanol–water partition coefficient (Wildman–Crippen LogP) is 0.892. The summed E-state index contributed by atoms with van der Waals surface area (Å²) < 4.78 is 17.9. The Morgan fingerprint density at radius 3 is 2.51 bits per heavy atom. The van der Waals surface area contributed by atoms with Crippen molar-refractivity contribution in [1.82, 2.24) is 30.5 Å². The molecule has 0 radical (unpaired) electrons. The number of anilines is 1. The van der Waals surface area contributed by atoms with Gasteiger partial charge in [-0.2, -0.15) is 0 Å². The summed E-state index contributed by atoms with van der Waals surface area (Å²) in [4.78, 5) is 62.1. The number of carbonyl (C=O) groups excluding carboxylic acids is 5. The molecule has 232 valence electrons. The predicted molar refractivity (Wildman–Crippen MR) is 151 cm³/mol. The number of benzene rings is 1. The minimum absolute atomic E-state index is 0.0687. The average molecular weight is 600 g/mol. The van der Waals surface area contributed by atoms with Crippen LogP contribution in [0.1, 0.15) is 60.0 Å². The zero-order chi connectivity index (χ0) is 31.0. The van der Waals surface area contributed by atoms with Crippen molar-refractivity contribution in [2.75, 3.05) is 44.8 Å². The molecule has 1 saturated heterocycles. The third-order valence-electron chi connectivity index (χ3n) is 6.58. The van der Waals surface area contributed by atoms with Gasteiger partial charge in [0.15, 0.2) is 0 Å². The number of alkyl carbamates (subject to hydrolysis) is 1. The standard InChI is InChI=1S/C28H37N7O8/c1-28(2,3)43-27(40)30-10-12-41-14-15-42-13-11-34-19(17-31-33-34)8-9-29-18-4-5-20-21(16-18)26(39)35(25(20)38)22-6-7-23(36)32-24(22)37/h4-5,16-17,22,29H,6-15H2,1-3H3,(H,30,40)(H,32,36,37). The van der Waals surface area contributed by atoms with E-state index in [1.165, 1.54) is 0 Å². The number of rotatable bonds is 14. The highest BCUT2D eigenvalue weighted by molar-refractivity contribution is 6.23. The normalized spacial score (nSPS) is 16.7. The quantitative estimate of drug-likeness (QED) is 0.207. The van der Waals surface area contributed by atoms with Gasteiger partial charge in [0.2, 0.25) is 11.8 Å². The summed E-state index contributed by atoms with van der Waals surface area (Å²) in [6.07, 6.45) is 1.96. The number of nitrogens with zero attached hydrogens (tertiary/aromatic N) is 4. The third-order valence-corrected chi connectivity index (χ3v) is 6.58. The van der Waals surface area contributed by atoms with Crippen LogP contribution >= 0.6 is 0 Å². The highest BCUT2D eigenvalue weighted by atomic mass is 16.6. The van der Waals surface area contributed by atoms with Gasteiger partial charge in [-0.05, 0) is 45.4 Å². The van der Waals surface area contributed by atoms with E-state index in [1.54, 1.807) is 49.8 Å². The third kappa shape index (κ3) is 8.58. The first-order chi connectivity index (χ1) is 20.5. The first-order valence-corrected chi connectivity index (χ1v) is 14.1. The lowest BCUT2D eigenvalue weighted by Crippen LogP contribution is -2.54. The number of amides is 5. The lowest BCUT2D eigenvalue weighted by Gasteiger charge is -2.27. The first-order valence-electron chi connectivity index (χ1n) is 14.1. The molecule has 2 aromatic rings. The molecule has 0 spiro atoms. The summed E-state index contributed by atoms with van der Waals surface area (Å²) >= 11 is 0. The Kier molecular flexibility index (Phi) is 10.4. The van der Waals surface area contributed by atoms with Crippen LogP contribution in [0.3, 0.4) is 0 Å². The number of piperidine rings is 1. The van der Waals surface area contributed by atoms with E-state index in [4.69, 9.17) is 14.2 Å². The molecule has 3 N–H and O–H groups in total. The van der Waals surface area contributed by atoms with Gasteiger partial charge < -0.3 is 24.8 Å². The molecule has 0 aliphatic carbocycles. The molecule has 1 unspecified atom stereocenters. The Morgan fingerprint density at radius 2 is 1.77 bits per heavy atom. The molecule has 15 nitrogen and oxygen atoms in total. The molecule has 1 aromatic heterocycles. The van der Waals surface area contributed by atoms with E-state index in [1.807, 2.05) is 0 Å². The fourth-order valence-electron chi connectivity index (χ4n) is 4.59. The largest absolute Gasteiger partial charge is 0.444 e. The number of ether oxygens (including phenoxy) is 3.